The van der Waals surface area contributed by atoms with E-state index in [2.05, 4.69) is 48.5 Å². The maximum absolute atomic E-state index is 3.48. The van der Waals surface area contributed by atoms with Crippen molar-refractivity contribution in [2.75, 3.05) is 20.1 Å². The lowest BCUT2D eigenvalue weighted by molar-refractivity contribution is 0.271. The van der Waals surface area contributed by atoms with E-state index in [-0.39, 0.29) is 0 Å². The van der Waals surface area contributed by atoms with Gasteiger partial charge in [0, 0.05) is 19.6 Å². The molecular formula is C18H30N2. The Morgan fingerprint density at radius 2 is 1.95 bits per heavy atom. The fourth-order valence-electron chi connectivity index (χ4n) is 3.26. The van der Waals surface area contributed by atoms with Gasteiger partial charge in [-0.2, -0.15) is 0 Å². The third kappa shape index (κ3) is 5.26. The van der Waals surface area contributed by atoms with Crippen LogP contribution in [0.3, 0.4) is 0 Å². The van der Waals surface area contributed by atoms with Crippen molar-refractivity contribution in [2.24, 2.45) is 5.92 Å². The van der Waals surface area contributed by atoms with E-state index in [1.165, 1.54) is 49.8 Å². The second kappa shape index (κ2) is 8.43. The predicted octanol–water partition coefficient (Wildman–Crippen LogP) is 3.81. The highest BCUT2D eigenvalue weighted by Gasteiger charge is 2.16. The minimum atomic E-state index is 0.939. The van der Waals surface area contributed by atoms with Crippen LogP contribution in [0.2, 0.25) is 0 Å². The van der Waals surface area contributed by atoms with Crippen LogP contribution in [0.1, 0.15) is 50.2 Å². The molecule has 0 amide bonds. The molecule has 0 atom stereocenters. The van der Waals surface area contributed by atoms with Gasteiger partial charge in [0.1, 0.15) is 0 Å². The van der Waals surface area contributed by atoms with Gasteiger partial charge in [0.15, 0.2) is 0 Å². The number of hydrogen-bond donors (Lipinski definition) is 1. The topological polar surface area (TPSA) is 15.3 Å². The molecule has 20 heavy (non-hydrogen) atoms. The van der Waals surface area contributed by atoms with Crippen LogP contribution in [0.25, 0.3) is 0 Å². The van der Waals surface area contributed by atoms with E-state index < -0.39 is 0 Å². The van der Waals surface area contributed by atoms with Gasteiger partial charge in [-0.15, -0.1) is 0 Å². The van der Waals surface area contributed by atoms with Crippen molar-refractivity contribution in [3.63, 3.8) is 0 Å². The summed E-state index contributed by atoms with van der Waals surface area (Å²) in [6.07, 6.45) is 6.95. The zero-order valence-corrected chi connectivity index (χ0v) is 13.2. The van der Waals surface area contributed by atoms with E-state index in [9.17, 15) is 0 Å². The van der Waals surface area contributed by atoms with Crippen LogP contribution in [0, 0.1) is 5.92 Å². The van der Waals surface area contributed by atoms with Crippen LogP contribution in [-0.2, 0) is 13.1 Å². The van der Waals surface area contributed by atoms with Gasteiger partial charge in [0.05, 0.1) is 0 Å². The number of rotatable bonds is 8. The van der Waals surface area contributed by atoms with Gasteiger partial charge < -0.3 is 10.2 Å². The molecule has 1 saturated carbocycles. The molecule has 2 heteroatoms. The molecule has 112 valence electrons. The Morgan fingerprint density at radius 1 is 1.20 bits per heavy atom. The molecule has 0 aromatic heterocycles. The molecule has 1 aliphatic carbocycles. The Hall–Kier alpha value is -0.860. The maximum Gasteiger partial charge on any atom is 0.0230 e. The first-order valence-corrected chi connectivity index (χ1v) is 8.25. The third-order valence-electron chi connectivity index (χ3n) is 4.24. The standard InChI is InChI=1S/C18H30N2/c1-3-11-19-13-17-9-6-10-18(12-17)15-20(2)14-16-7-4-5-8-16/h6,9-10,12,16,19H,3-5,7-8,11,13-15H2,1-2H3. The zero-order valence-electron chi connectivity index (χ0n) is 13.2. The van der Waals surface area contributed by atoms with Gasteiger partial charge in [-0.1, -0.05) is 44.0 Å². The number of nitrogens with zero attached hydrogens (tertiary/aromatic N) is 1. The first-order chi connectivity index (χ1) is 9.78. The van der Waals surface area contributed by atoms with E-state index in [1.807, 2.05) is 0 Å². The monoisotopic (exact) mass is 274 g/mol. The molecule has 2 rings (SSSR count). The first-order valence-electron chi connectivity index (χ1n) is 8.25. The van der Waals surface area contributed by atoms with Crippen LogP contribution >= 0.6 is 0 Å². The van der Waals surface area contributed by atoms with Crippen molar-refractivity contribution in [1.82, 2.24) is 10.2 Å². The van der Waals surface area contributed by atoms with Crippen molar-refractivity contribution in [3.8, 4) is 0 Å². The molecule has 0 radical (unpaired) electrons. The molecule has 0 aliphatic heterocycles. The van der Waals surface area contributed by atoms with E-state index in [4.69, 9.17) is 0 Å². The third-order valence-corrected chi connectivity index (χ3v) is 4.24. The summed E-state index contributed by atoms with van der Waals surface area (Å²) in [5.41, 5.74) is 2.85. The van der Waals surface area contributed by atoms with E-state index in [0.29, 0.717) is 0 Å². The molecule has 1 fully saturated rings. The van der Waals surface area contributed by atoms with Crippen LogP contribution in [-0.4, -0.2) is 25.0 Å². The SMILES string of the molecule is CCCNCc1cccc(CN(C)CC2CCCC2)c1. The average Bonchev–Trinajstić information content (AvgIpc) is 2.92. The summed E-state index contributed by atoms with van der Waals surface area (Å²) in [5.74, 6) is 0.939. The minimum Gasteiger partial charge on any atom is -0.313 e. The Kier molecular flexibility index (Phi) is 6.55. The van der Waals surface area contributed by atoms with Crippen LogP contribution in [0.4, 0.5) is 0 Å². The maximum atomic E-state index is 3.48. The first kappa shape index (κ1) is 15.5. The summed E-state index contributed by atoms with van der Waals surface area (Å²) >= 11 is 0. The lowest BCUT2D eigenvalue weighted by Gasteiger charge is -2.21. The fourth-order valence-corrected chi connectivity index (χ4v) is 3.26. The summed E-state index contributed by atoms with van der Waals surface area (Å²) < 4.78 is 0. The van der Waals surface area contributed by atoms with Crippen LogP contribution in [0.5, 0.6) is 0 Å². The summed E-state index contributed by atoms with van der Waals surface area (Å²) in [4.78, 5) is 2.49. The lowest BCUT2D eigenvalue weighted by Crippen LogP contribution is -2.24. The molecule has 2 nitrogen and oxygen atoms in total. The molecule has 1 N–H and O–H groups in total. The van der Waals surface area contributed by atoms with Gasteiger partial charge in [-0.25, -0.2) is 0 Å². The van der Waals surface area contributed by atoms with Gasteiger partial charge in [-0.05, 0) is 49.9 Å². The van der Waals surface area contributed by atoms with E-state index >= 15 is 0 Å². The number of benzene rings is 1. The molecule has 0 saturated heterocycles. The van der Waals surface area contributed by atoms with Gasteiger partial charge in [-0.3, -0.25) is 0 Å². The Balaban J connectivity index is 1.80. The Morgan fingerprint density at radius 3 is 2.70 bits per heavy atom. The highest BCUT2D eigenvalue weighted by atomic mass is 15.1. The minimum absolute atomic E-state index is 0.939. The van der Waals surface area contributed by atoms with Gasteiger partial charge in [0.25, 0.3) is 0 Å². The average molecular weight is 274 g/mol. The van der Waals surface area contributed by atoms with Crippen molar-refractivity contribution in [2.45, 2.75) is 52.1 Å². The molecule has 0 heterocycles. The Labute approximate surface area is 124 Å². The van der Waals surface area contributed by atoms with Crippen molar-refractivity contribution < 1.29 is 0 Å². The molecule has 1 aliphatic rings. The summed E-state index contributed by atoms with van der Waals surface area (Å²) in [6, 6.07) is 9.03. The van der Waals surface area contributed by atoms with Crippen molar-refractivity contribution in [3.05, 3.63) is 35.4 Å². The second-order valence-corrected chi connectivity index (χ2v) is 6.34. The summed E-state index contributed by atoms with van der Waals surface area (Å²) in [5, 5.41) is 3.48. The van der Waals surface area contributed by atoms with Crippen molar-refractivity contribution in [1.29, 1.82) is 0 Å². The molecule has 0 unspecified atom stereocenters. The zero-order chi connectivity index (χ0) is 14.2. The quantitative estimate of drug-likeness (QED) is 0.725. The van der Waals surface area contributed by atoms with Crippen LogP contribution < -0.4 is 5.32 Å². The number of hydrogen-bond acceptors (Lipinski definition) is 2. The van der Waals surface area contributed by atoms with Crippen LogP contribution in [0.15, 0.2) is 24.3 Å². The Bertz CT molecular complexity index is 383. The molecular weight excluding hydrogens is 244 g/mol. The van der Waals surface area contributed by atoms with E-state index in [1.54, 1.807) is 0 Å². The normalized spacial score (nSPS) is 16.1. The molecule has 1 aromatic rings. The highest BCUT2D eigenvalue weighted by Crippen LogP contribution is 2.25. The second-order valence-electron chi connectivity index (χ2n) is 6.34. The molecule has 1 aromatic carbocycles. The van der Waals surface area contributed by atoms with E-state index in [0.717, 1.165) is 25.6 Å². The molecule has 0 bridgehead atoms. The van der Waals surface area contributed by atoms with Crippen molar-refractivity contribution >= 4 is 0 Å². The van der Waals surface area contributed by atoms with Gasteiger partial charge >= 0.3 is 0 Å². The van der Waals surface area contributed by atoms with Gasteiger partial charge in [0.2, 0.25) is 0 Å². The largest absolute Gasteiger partial charge is 0.313 e. The smallest absolute Gasteiger partial charge is 0.0230 e. The molecule has 0 spiro atoms. The number of nitrogens with one attached hydrogen (secondary N) is 1. The fraction of sp³-hybridized carbons (Fsp3) is 0.667. The summed E-state index contributed by atoms with van der Waals surface area (Å²) in [6.45, 7) is 6.65. The lowest BCUT2D eigenvalue weighted by atomic mass is 10.1. The summed E-state index contributed by atoms with van der Waals surface area (Å²) in [7, 11) is 2.26. The highest BCUT2D eigenvalue weighted by molar-refractivity contribution is 5.23. The predicted molar refractivity (Wildman–Crippen MR) is 86.7 cm³/mol.